The fourth-order valence-electron chi connectivity index (χ4n) is 3.29. The van der Waals surface area contributed by atoms with E-state index in [0.717, 1.165) is 43.3 Å². The van der Waals surface area contributed by atoms with Gasteiger partial charge in [-0.05, 0) is 50.7 Å². The van der Waals surface area contributed by atoms with Crippen LogP contribution in [-0.4, -0.2) is 54.5 Å². The van der Waals surface area contributed by atoms with E-state index in [1.165, 1.54) is 12.1 Å². The number of likely N-dealkylation sites (N-methyl/N-ethyl adjacent to an activating group) is 1. The number of halogens is 1. The van der Waals surface area contributed by atoms with Crippen LogP contribution < -0.4 is 16.0 Å². The number of nitrogens with zero attached hydrogens (tertiary/aromatic N) is 3. The third-order valence-corrected chi connectivity index (χ3v) is 4.69. The van der Waals surface area contributed by atoms with Crippen molar-refractivity contribution in [3.05, 3.63) is 47.7 Å². The van der Waals surface area contributed by atoms with Crippen LogP contribution in [0.5, 0.6) is 0 Å². The topological polar surface area (TPSA) is 82.2 Å². The predicted molar refractivity (Wildman–Crippen MR) is 108 cm³/mol. The number of amides is 1. The van der Waals surface area contributed by atoms with Crippen LogP contribution in [0.15, 0.2) is 30.3 Å². The Morgan fingerprint density at radius 1 is 1.32 bits per heavy atom. The van der Waals surface area contributed by atoms with Crippen LogP contribution in [0.2, 0.25) is 0 Å². The van der Waals surface area contributed by atoms with E-state index in [9.17, 15) is 9.18 Å². The van der Waals surface area contributed by atoms with Crippen LogP contribution in [0, 0.1) is 5.82 Å². The van der Waals surface area contributed by atoms with Crippen LogP contribution in [-0.2, 0) is 11.3 Å². The first-order chi connectivity index (χ1) is 13.5. The zero-order chi connectivity index (χ0) is 19.9. The molecule has 0 spiro atoms. The Kier molecular flexibility index (Phi) is 6.89. The van der Waals surface area contributed by atoms with Crippen LogP contribution in [0.3, 0.4) is 0 Å². The van der Waals surface area contributed by atoms with E-state index in [1.54, 1.807) is 12.1 Å². The number of rotatable bonds is 7. The molecule has 3 rings (SSSR count). The molecular weight excluding hydrogens is 359 g/mol. The summed E-state index contributed by atoms with van der Waals surface area (Å²) in [6.07, 6.45) is 2.20. The molecular formula is C20H27FN6O. The monoisotopic (exact) mass is 386 g/mol. The quantitative estimate of drug-likeness (QED) is 0.677. The average molecular weight is 386 g/mol. The minimum absolute atomic E-state index is 0.159. The van der Waals surface area contributed by atoms with E-state index in [2.05, 4.69) is 20.9 Å². The molecule has 0 unspecified atom stereocenters. The van der Waals surface area contributed by atoms with E-state index in [4.69, 9.17) is 4.98 Å². The molecule has 0 saturated carbocycles. The highest BCUT2D eigenvalue weighted by Crippen LogP contribution is 2.22. The number of hydrogen-bond acceptors (Lipinski definition) is 6. The average Bonchev–Trinajstić information content (AvgIpc) is 2.70. The summed E-state index contributed by atoms with van der Waals surface area (Å²) in [6.45, 7) is 2.67. The van der Waals surface area contributed by atoms with Gasteiger partial charge in [-0.2, -0.15) is 0 Å². The normalized spacial score (nSPS) is 16.8. The van der Waals surface area contributed by atoms with E-state index < -0.39 is 0 Å². The summed E-state index contributed by atoms with van der Waals surface area (Å²) in [6, 6.07) is 7.64. The Balaban J connectivity index is 1.61. The van der Waals surface area contributed by atoms with Crippen molar-refractivity contribution in [1.29, 1.82) is 0 Å². The van der Waals surface area contributed by atoms with Crippen LogP contribution >= 0.6 is 0 Å². The molecule has 3 N–H and O–H groups in total. The Morgan fingerprint density at radius 2 is 2.11 bits per heavy atom. The van der Waals surface area contributed by atoms with Gasteiger partial charge in [-0.1, -0.05) is 0 Å². The molecule has 1 aromatic carbocycles. The molecule has 1 amide bonds. The van der Waals surface area contributed by atoms with E-state index >= 15 is 0 Å². The lowest BCUT2D eigenvalue weighted by molar-refractivity contribution is -0.117. The largest absolute Gasteiger partial charge is 0.373 e. The zero-order valence-corrected chi connectivity index (χ0v) is 16.3. The highest BCUT2D eigenvalue weighted by atomic mass is 19.1. The van der Waals surface area contributed by atoms with E-state index in [0.29, 0.717) is 18.2 Å². The summed E-state index contributed by atoms with van der Waals surface area (Å²) in [4.78, 5) is 23.5. The second-order valence-corrected chi connectivity index (χ2v) is 7.12. The number of carbonyl (C=O) groups excluding carboxylic acids is 1. The minimum atomic E-state index is -0.330. The minimum Gasteiger partial charge on any atom is -0.373 e. The summed E-state index contributed by atoms with van der Waals surface area (Å²) in [5.74, 6) is 1.46. The number of aromatic nitrogens is 2. The van der Waals surface area contributed by atoms with Gasteiger partial charge < -0.3 is 16.0 Å². The number of piperidine rings is 1. The van der Waals surface area contributed by atoms with Gasteiger partial charge in [-0.3, -0.25) is 9.69 Å². The van der Waals surface area contributed by atoms with Gasteiger partial charge in [0.1, 0.15) is 17.5 Å². The Labute approximate surface area is 164 Å². The standard InChI is InChI=1S/C20H27FN6O/c1-22-18-10-17(25-20(26-18)14-4-3-9-23-11-14)12-27(2)13-19(28)24-16-7-5-15(21)6-8-16/h5-8,10,14,23H,3-4,9,11-13H2,1-2H3,(H,24,28)(H,22,25,26)/t14-/m0/s1. The number of hydrogen-bond donors (Lipinski definition) is 3. The summed E-state index contributed by atoms with van der Waals surface area (Å²) >= 11 is 0. The third kappa shape index (κ3) is 5.71. The SMILES string of the molecule is CNc1cc(CN(C)CC(=O)Nc2ccc(F)cc2)nc([C@H]2CCCNC2)n1. The first kappa shape index (κ1) is 20.2. The van der Waals surface area contributed by atoms with Crippen molar-refractivity contribution in [2.45, 2.75) is 25.3 Å². The molecule has 8 heteroatoms. The molecule has 0 radical (unpaired) electrons. The summed E-state index contributed by atoms with van der Waals surface area (Å²) < 4.78 is 13.0. The molecule has 0 aliphatic carbocycles. The molecule has 1 aliphatic rings. The van der Waals surface area contributed by atoms with E-state index in [1.807, 2.05) is 25.1 Å². The van der Waals surface area contributed by atoms with Gasteiger partial charge in [0.05, 0.1) is 12.2 Å². The highest BCUT2D eigenvalue weighted by molar-refractivity contribution is 5.92. The molecule has 2 aromatic rings. The highest BCUT2D eigenvalue weighted by Gasteiger charge is 2.19. The van der Waals surface area contributed by atoms with Crippen molar-refractivity contribution in [2.24, 2.45) is 0 Å². The maximum Gasteiger partial charge on any atom is 0.238 e. The van der Waals surface area contributed by atoms with Crippen LogP contribution in [0.25, 0.3) is 0 Å². The van der Waals surface area contributed by atoms with Gasteiger partial charge in [0, 0.05) is 37.8 Å². The molecule has 1 aliphatic heterocycles. The maximum atomic E-state index is 13.0. The first-order valence-corrected chi connectivity index (χ1v) is 9.54. The van der Waals surface area contributed by atoms with Crippen LogP contribution in [0.4, 0.5) is 15.9 Å². The number of carbonyl (C=O) groups is 1. The van der Waals surface area contributed by atoms with E-state index in [-0.39, 0.29) is 18.3 Å². The van der Waals surface area contributed by atoms with Gasteiger partial charge in [-0.15, -0.1) is 0 Å². The summed E-state index contributed by atoms with van der Waals surface area (Å²) in [5.41, 5.74) is 1.45. The third-order valence-electron chi connectivity index (χ3n) is 4.69. The van der Waals surface area contributed by atoms with Crippen molar-refractivity contribution in [2.75, 3.05) is 44.4 Å². The second-order valence-electron chi connectivity index (χ2n) is 7.12. The lowest BCUT2D eigenvalue weighted by Gasteiger charge is -2.23. The molecule has 7 nitrogen and oxygen atoms in total. The fourth-order valence-corrected chi connectivity index (χ4v) is 3.29. The molecule has 0 bridgehead atoms. The Hall–Kier alpha value is -2.58. The first-order valence-electron chi connectivity index (χ1n) is 9.54. The Morgan fingerprint density at radius 3 is 2.79 bits per heavy atom. The smallest absolute Gasteiger partial charge is 0.238 e. The number of anilines is 2. The van der Waals surface area contributed by atoms with Gasteiger partial charge >= 0.3 is 0 Å². The van der Waals surface area contributed by atoms with Gasteiger partial charge in [0.2, 0.25) is 5.91 Å². The molecule has 28 heavy (non-hydrogen) atoms. The van der Waals surface area contributed by atoms with Crippen molar-refractivity contribution in [3.8, 4) is 0 Å². The fraction of sp³-hybridized carbons (Fsp3) is 0.450. The second kappa shape index (κ2) is 9.57. The predicted octanol–water partition coefficient (Wildman–Crippen LogP) is 2.19. The zero-order valence-electron chi connectivity index (χ0n) is 16.3. The van der Waals surface area contributed by atoms with Gasteiger partial charge in [0.15, 0.2) is 0 Å². The maximum absolute atomic E-state index is 13.0. The van der Waals surface area contributed by atoms with Crippen molar-refractivity contribution < 1.29 is 9.18 Å². The lowest BCUT2D eigenvalue weighted by Crippen LogP contribution is -2.31. The molecule has 1 atom stereocenters. The number of nitrogens with one attached hydrogen (secondary N) is 3. The summed E-state index contributed by atoms with van der Waals surface area (Å²) in [7, 11) is 3.71. The van der Waals surface area contributed by atoms with Gasteiger partial charge in [-0.25, -0.2) is 14.4 Å². The van der Waals surface area contributed by atoms with Gasteiger partial charge in [0.25, 0.3) is 0 Å². The van der Waals surface area contributed by atoms with Crippen molar-refractivity contribution in [1.82, 2.24) is 20.2 Å². The molecule has 1 saturated heterocycles. The summed E-state index contributed by atoms with van der Waals surface area (Å²) in [5, 5.41) is 9.27. The molecule has 1 aromatic heterocycles. The number of benzene rings is 1. The van der Waals surface area contributed by atoms with Crippen molar-refractivity contribution in [3.63, 3.8) is 0 Å². The molecule has 2 heterocycles. The molecule has 150 valence electrons. The lowest BCUT2D eigenvalue weighted by atomic mass is 9.99. The Bertz CT molecular complexity index is 792. The molecule has 1 fully saturated rings. The van der Waals surface area contributed by atoms with Crippen molar-refractivity contribution >= 4 is 17.4 Å². The van der Waals surface area contributed by atoms with Crippen LogP contribution in [0.1, 0.15) is 30.3 Å².